The smallest absolute Gasteiger partial charge is 0.220 e. The van der Waals surface area contributed by atoms with Crippen LogP contribution >= 0.6 is 12.6 Å². The molecule has 1 aliphatic carbocycles. The lowest BCUT2D eigenvalue weighted by atomic mass is 10.0. The van der Waals surface area contributed by atoms with Gasteiger partial charge in [0.25, 0.3) is 0 Å². The van der Waals surface area contributed by atoms with E-state index in [1.54, 1.807) is 0 Å². The van der Waals surface area contributed by atoms with Gasteiger partial charge in [-0.2, -0.15) is 12.6 Å². The van der Waals surface area contributed by atoms with E-state index in [-0.39, 0.29) is 11.3 Å². The first-order valence-corrected chi connectivity index (χ1v) is 6.13. The van der Waals surface area contributed by atoms with Gasteiger partial charge < -0.3 is 5.32 Å². The highest BCUT2D eigenvalue weighted by Gasteiger charge is 2.42. The van der Waals surface area contributed by atoms with Crippen molar-refractivity contribution in [3.05, 3.63) is 0 Å². The zero-order chi connectivity index (χ0) is 10.6. The fraction of sp³-hybridized carbons (Fsp3) is 0.909. The van der Waals surface area contributed by atoms with Crippen LogP contribution in [0, 0.1) is 11.3 Å². The van der Waals surface area contributed by atoms with Gasteiger partial charge in [-0.1, -0.05) is 20.3 Å². The summed E-state index contributed by atoms with van der Waals surface area (Å²) in [6, 6.07) is 0. The second-order valence-electron chi connectivity index (χ2n) is 4.65. The average molecular weight is 215 g/mol. The Hall–Kier alpha value is -0.180. The first-order chi connectivity index (χ1) is 6.62. The summed E-state index contributed by atoms with van der Waals surface area (Å²) in [6.45, 7) is 5.12. The summed E-state index contributed by atoms with van der Waals surface area (Å²) in [6.07, 6.45) is 4.14. The topological polar surface area (TPSA) is 29.1 Å². The van der Waals surface area contributed by atoms with E-state index in [0.29, 0.717) is 12.3 Å². The van der Waals surface area contributed by atoms with Crippen LogP contribution < -0.4 is 5.32 Å². The van der Waals surface area contributed by atoms with Gasteiger partial charge in [0.05, 0.1) is 0 Å². The molecule has 0 aliphatic heterocycles. The van der Waals surface area contributed by atoms with E-state index in [4.69, 9.17) is 0 Å². The average Bonchev–Trinajstić information content (AvgIpc) is 2.95. The number of amides is 1. The highest BCUT2D eigenvalue weighted by molar-refractivity contribution is 7.80. The van der Waals surface area contributed by atoms with Crippen molar-refractivity contribution < 1.29 is 4.79 Å². The molecule has 0 heterocycles. The lowest BCUT2D eigenvalue weighted by molar-refractivity contribution is -0.122. The molecule has 0 aromatic heterocycles. The predicted octanol–water partition coefficient (Wildman–Crippen LogP) is 2.25. The van der Waals surface area contributed by atoms with Crippen molar-refractivity contribution in [3.8, 4) is 0 Å². The summed E-state index contributed by atoms with van der Waals surface area (Å²) in [5, 5.41) is 2.99. The predicted molar refractivity (Wildman–Crippen MR) is 62.6 cm³/mol. The Bertz CT molecular complexity index is 201. The Balaban J connectivity index is 2.16. The van der Waals surface area contributed by atoms with Crippen LogP contribution in [0.2, 0.25) is 0 Å². The summed E-state index contributed by atoms with van der Waals surface area (Å²) in [7, 11) is 0. The lowest BCUT2D eigenvalue weighted by Gasteiger charge is -2.13. The minimum absolute atomic E-state index is 0.205. The number of hydrogen-bond donors (Lipinski definition) is 2. The molecule has 0 aromatic rings. The van der Waals surface area contributed by atoms with Gasteiger partial charge in [0.2, 0.25) is 5.91 Å². The van der Waals surface area contributed by atoms with Gasteiger partial charge in [-0.05, 0) is 29.9 Å². The maximum atomic E-state index is 11.5. The normalized spacial score (nSPS) is 20.2. The van der Waals surface area contributed by atoms with Crippen molar-refractivity contribution in [1.82, 2.24) is 5.32 Å². The molecule has 0 aromatic carbocycles. The van der Waals surface area contributed by atoms with Crippen molar-refractivity contribution in [2.75, 3.05) is 12.3 Å². The van der Waals surface area contributed by atoms with Gasteiger partial charge in [0, 0.05) is 13.0 Å². The molecule has 1 unspecified atom stereocenters. The van der Waals surface area contributed by atoms with E-state index in [1.807, 2.05) is 0 Å². The molecular weight excluding hydrogens is 194 g/mol. The Morgan fingerprint density at radius 1 is 1.57 bits per heavy atom. The molecule has 14 heavy (non-hydrogen) atoms. The number of carbonyl (C=O) groups excluding carboxylic acids is 1. The second kappa shape index (κ2) is 5.06. The standard InChI is InChI=1S/C11H21NOS/c1-3-9(2)7-12-10(13)6-11(8-14)4-5-11/h9,14H,3-8H2,1-2H3,(H,12,13). The molecule has 1 saturated carbocycles. The van der Waals surface area contributed by atoms with E-state index in [9.17, 15) is 4.79 Å². The maximum Gasteiger partial charge on any atom is 0.220 e. The Kier molecular flexibility index (Phi) is 4.30. The van der Waals surface area contributed by atoms with Gasteiger partial charge in [0.15, 0.2) is 0 Å². The molecule has 0 saturated heterocycles. The van der Waals surface area contributed by atoms with Gasteiger partial charge >= 0.3 is 0 Å². The van der Waals surface area contributed by atoms with Crippen molar-refractivity contribution in [1.29, 1.82) is 0 Å². The maximum absolute atomic E-state index is 11.5. The van der Waals surface area contributed by atoms with E-state index in [1.165, 1.54) is 12.8 Å². The lowest BCUT2D eigenvalue weighted by Crippen LogP contribution is -2.30. The van der Waals surface area contributed by atoms with Gasteiger partial charge in [-0.15, -0.1) is 0 Å². The van der Waals surface area contributed by atoms with E-state index in [0.717, 1.165) is 18.7 Å². The van der Waals surface area contributed by atoms with Crippen molar-refractivity contribution in [3.63, 3.8) is 0 Å². The minimum Gasteiger partial charge on any atom is -0.356 e. The van der Waals surface area contributed by atoms with Gasteiger partial charge in [0.1, 0.15) is 0 Å². The monoisotopic (exact) mass is 215 g/mol. The SMILES string of the molecule is CCC(C)CNC(=O)CC1(CS)CC1. The van der Waals surface area contributed by atoms with Gasteiger partial charge in [-0.3, -0.25) is 4.79 Å². The van der Waals surface area contributed by atoms with Crippen LogP contribution in [0.15, 0.2) is 0 Å². The summed E-state index contributed by atoms with van der Waals surface area (Å²) in [5.74, 6) is 1.64. The molecule has 0 bridgehead atoms. The fourth-order valence-corrected chi connectivity index (χ4v) is 1.83. The third kappa shape index (κ3) is 3.52. The van der Waals surface area contributed by atoms with Crippen molar-refractivity contribution in [2.45, 2.75) is 39.5 Å². The summed E-state index contributed by atoms with van der Waals surface area (Å²) >= 11 is 4.29. The summed E-state index contributed by atoms with van der Waals surface area (Å²) in [4.78, 5) is 11.5. The van der Waals surface area contributed by atoms with Crippen LogP contribution in [0.25, 0.3) is 0 Å². The number of rotatable bonds is 6. The van der Waals surface area contributed by atoms with E-state index >= 15 is 0 Å². The first-order valence-electron chi connectivity index (χ1n) is 5.49. The summed E-state index contributed by atoms with van der Waals surface area (Å²) in [5.41, 5.74) is 0.253. The summed E-state index contributed by atoms with van der Waals surface area (Å²) < 4.78 is 0. The zero-order valence-corrected chi connectivity index (χ0v) is 10.1. The third-order valence-corrected chi connectivity index (χ3v) is 3.84. The molecule has 1 rings (SSSR count). The molecular formula is C11H21NOS. The Morgan fingerprint density at radius 3 is 2.64 bits per heavy atom. The molecule has 2 nitrogen and oxygen atoms in total. The van der Waals surface area contributed by atoms with Crippen LogP contribution in [-0.4, -0.2) is 18.2 Å². The second-order valence-corrected chi connectivity index (χ2v) is 4.97. The van der Waals surface area contributed by atoms with Gasteiger partial charge in [-0.25, -0.2) is 0 Å². The van der Waals surface area contributed by atoms with Crippen molar-refractivity contribution in [2.24, 2.45) is 11.3 Å². The number of nitrogens with one attached hydrogen (secondary N) is 1. The number of hydrogen-bond acceptors (Lipinski definition) is 2. The number of carbonyl (C=O) groups is 1. The highest BCUT2D eigenvalue weighted by Crippen LogP contribution is 2.49. The van der Waals surface area contributed by atoms with Crippen LogP contribution in [0.3, 0.4) is 0 Å². The van der Waals surface area contributed by atoms with Crippen LogP contribution in [0.5, 0.6) is 0 Å². The zero-order valence-electron chi connectivity index (χ0n) is 9.18. The number of thiol groups is 1. The molecule has 1 atom stereocenters. The minimum atomic E-state index is 0.205. The fourth-order valence-electron chi connectivity index (χ4n) is 1.40. The molecule has 1 fully saturated rings. The molecule has 1 N–H and O–H groups in total. The molecule has 1 aliphatic rings. The molecule has 0 spiro atoms. The van der Waals surface area contributed by atoms with E-state index in [2.05, 4.69) is 31.8 Å². The largest absolute Gasteiger partial charge is 0.356 e. The third-order valence-electron chi connectivity index (χ3n) is 3.17. The Morgan fingerprint density at radius 2 is 2.21 bits per heavy atom. The van der Waals surface area contributed by atoms with E-state index < -0.39 is 0 Å². The molecule has 0 radical (unpaired) electrons. The van der Waals surface area contributed by atoms with Crippen molar-refractivity contribution >= 4 is 18.5 Å². The molecule has 82 valence electrons. The van der Waals surface area contributed by atoms with Crippen LogP contribution in [0.4, 0.5) is 0 Å². The molecule has 1 amide bonds. The first kappa shape index (κ1) is 11.9. The quantitative estimate of drug-likeness (QED) is 0.654. The molecule has 3 heteroatoms. The van der Waals surface area contributed by atoms with Crippen LogP contribution in [0.1, 0.15) is 39.5 Å². The van der Waals surface area contributed by atoms with Crippen LogP contribution in [-0.2, 0) is 4.79 Å². The highest BCUT2D eigenvalue weighted by atomic mass is 32.1. The Labute approximate surface area is 92.2 Å².